The van der Waals surface area contributed by atoms with E-state index in [9.17, 15) is 4.79 Å². The quantitative estimate of drug-likeness (QED) is 0.555. The number of nitrogens with one attached hydrogen (secondary N) is 1. The lowest BCUT2D eigenvalue weighted by Gasteiger charge is -2.05. The molecule has 1 aromatic rings. The number of esters is 1. The lowest BCUT2D eigenvalue weighted by molar-refractivity contribution is -0.140. The van der Waals surface area contributed by atoms with Crippen LogP contribution in [0.4, 0.5) is 0 Å². The van der Waals surface area contributed by atoms with Crippen LogP contribution in [0.1, 0.15) is 12.0 Å². The number of carbonyl (C=O) groups is 1. The molecule has 0 saturated heterocycles. The first-order valence-corrected chi connectivity index (χ1v) is 7.40. The van der Waals surface area contributed by atoms with Crippen LogP contribution >= 0.6 is 11.8 Å². The molecular weight excluding hydrogens is 262 g/mol. The molecule has 0 spiro atoms. The SMILES string of the molecule is COC(=O)CCNCCSCc1ccc(OC)cc1. The first-order chi connectivity index (χ1) is 9.26. The molecule has 0 aliphatic carbocycles. The van der Waals surface area contributed by atoms with Gasteiger partial charge in [0.25, 0.3) is 0 Å². The number of hydrogen-bond acceptors (Lipinski definition) is 5. The van der Waals surface area contributed by atoms with Crippen molar-refractivity contribution in [1.29, 1.82) is 0 Å². The van der Waals surface area contributed by atoms with Crippen molar-refractivity contribution in [2.24, 2.45) is 0 Å². The van der Waals surface area contributed by atoms with Crippen molar-refractivity contribution < 1.29 is 14.3 Å². The molecule has 0 aromatic heterocycles. The van der Waals surface area contributed by atoms with E-state index >= 15 is 0 Å². The van der Waals surface area contributed by atoms with E-state index in [1.807, 2.05) is 23.9 Å². The van der Waals surface area contributed by atoms with Gasteiger partial charge >= 0.3 is 5.97 Å². The molecule has 0 bridgehead atoms. The lowest BCUT2D eigenvalue weighted by Crippen LogP contribution is -2.21. The van der Waals surface area contributed by atoms with Gasteiger partial charge in [0.05, 0.1) is 20.6 Å². The average Bonchev–Trinajstić information content (AvgIpc) is 2.46. The van der Waals surface area contributed by atoms with Crippen LogP contribution in [0.25, 0.3) is 0 Å². The molecule has 106 valence electrons. The summed E-state index contributed by atoms with van der Waals surface area (Å²) in [4.78, 5) is 10.9. The van der Waals surface area contributed by atoms with Crippen molar-refractivity contribution in [3.8, 4) is 5.75 Å². The summed E-state index contributed by atoms with van der Waals surface area (Å²) < 4.78 is 9.67. The molecule has 0 radical (unpaired) electrons. The van der Waals surface area contributed by atoms with E-state index in [-0.39, 0.29) is 5.97 Å². The van der Waals surface area contributed by atoms with Gasteiger partial charge in [-0.15, -0.1) is 0 Å². The zero-order valence-electron chi connectivity index (χ0n) is 11.5. The van der Waals surface area contributed by atoms with Crippen molar-refractivity contribution in [3.63, 3.8) is 0 Å². The van der Waals surface area contributed by atoms with E-state index < -0.39 is 0 Å². The first-order valence-electron chi connectivity index (χ1n) is 6.24. The second-order valence-corrected chi connectivity index (χ2v) is 5.08. The van der Waals surface area contributed by atoms with Crippen LogP contribution in [0, 0.1) is 0 Å². The molecule has 5 heteroatoms. The summed E-state index contributed by atoms with van der Waals surface area (Å²) in [6.45, 7) is 1.58. The minimum atomic E-state index is -0.168. The Balaban J connectivity index is 2.02. The summed E-state index contributed by atoms with van der Waals surface area (Å²) in [5.74, 6) is 2.73. The fraction of sp³-hybridized carbons (Fsp3) is 0.500. The molecule has 0 aliphatic heterocycles. The molecule has 1 aromatic carbocycles. The largest absolute Gasteiger partial charge is 0.497 e. The van der Waals surface area contributed by atoms with E-state index in [0.29, 0.717) is 13.0 Å². The van der Waals surface area contributed by atoms with E-state index in [1.165, 1.54) is 12.7 Å². The Kier molecular flexibility index (Phi) is 8.09. The van der Waals surface area contributed by atoms with E-state index in [1.54, 1.807) is 7.11 Å². The third-order valence-electron chi connectivity index (χ3n) is 2.58. The topological polar surface area (TPSA) is 47.6 Å². The minimum Gasteiger partial charge on any atom is -0.497 e. The molecule has 0 fully saturated rings. The average molecular weight is 283 g/mol. The summed E-state index contributed by atoms with van der Waals surface area (Å²) in [7, 11) is 3.08. The highest BCUT2D eigenvalue weighted by atomic mass is 32.2. The van der Waals surface area contributed by atoms with Gasteiger partial charge in [-0.25, -0.2) is 0 Å². The molecule has 4 nitrogen and oxygen atoms in total. The Morgan fingerprint density at radius 1 is 1.21 bits per heavy atom. The van der Waals surface area contributed by atoms with Gasteiger partial charge in [-0.2, -0.15) is 11.8 Å². The summed E-state index contributed by atoms with van der Waals surface area (Å²) >= 11 is 1.86. The van der Waals surface area contributed by atoms with E-state index in [2.05, 4.69) is 22.2 Å². The standard InChI is InChI=1S/C14H21NO3S/c1-17-13-5-3-12(4-6-13)11-19-10-9-15-8-7-14(16)18-2/h3-6,15H,7-11H2,1-2H3. The van der Waals surface area contributed by atoms with Crippen molar-refractivity contribution >= 4 is 17.7 Å². The maximum Gasteiger partial charge on any atom is 0.306 e. The van der Waals surface area contributed by atoms with Gasteiger partial charge in [-0.05, 0) is 17.7 Å². The summed E-state index contributed by atoms with van der Waals surface area (Å²) in [5, 5.41) is 3.21. The van der Waals surface area contributed by atoms with Gasteiger partial charge in [0.2, 0.25) is 0 Å². The third kappa shape index (κ3) is 7.08. The van der Waals surface area contributed by atoms with Gasteiger partial charge in [0.1, 0.15) is 5.75 Å². The highest BCUT2D eigenvalue weighted by molar-refractivity contribution is 7.98. The number of thioether (sulfide) groups is 1. The first kappa shape index (κ1) is 15.9. The monoisotopic (exact) mass is 283 g/mol. The number of benzene rings is 1. The summed E-state index contributed by atoms with van der Waals surface area (Å²) in [5.41, 5.74) is 1.29. The number of methoxy groups -OCH3 is 2. The highest BCUT2D eigenvalue weighted by Gasteiger charge is 1.98. The molecule has 0 heterocycles. The summed E-state index contributed by atoms with van der Waals surface area (Å²) in [6, 6.07) is 8.11. The zero-order valence-corrected chi connectivity index (χ0v) is 12.3. The van der Waals surface area contributed by atoms with E-state index in [4.69, 9.17) is 4.74 Å². The minimum absolute atomic E-state index is 0.168. The molecule has 0 saturated carbocycles. The molecule has 1 rings (SSSR count). The Hall–Kier alpha value is -1.20. The maximum absolute atomic E-state index is 10.9. The molecule has 0 atom stereocenters. The van der Waals surface area contributed by atoms with Gasteiger partial charge in [0, 0.05) is 24.6 Å². The number of carbonyl (C=O) groups excluding carboxylic acids is 1. The zero-order chi connectivity index (χ0) is 13.9. The van der Waals surface area contributed by atoms with Crippen LogP contribution in [0.15, 0.2) is 24.3 Å². The van der Waals surface area contributed by atoms with Crippen LogP contribution in [0.3, 0.4) is 0 Å². The third-order valence-corrected chi connectivity index (χ3v) is 3.61. The molecular formula is C14H21NO3S. The van der Waals surface area contributed by atoms with Crippen molar-refractivity contribution in [1.82, 2.24) is 5.32 Å². The van der Waals surface area contributed by atoms with Crippen LogP contribution in [0.5, 0.6) is 5.75 Å². The van der Waals surface area contributed by atoms with Crippen LogP contribution in [-0.4, -0.2) is 39.0 Å². The van der Waals surface area contributed by atoms with Crippen molar-refractivity contribution in [2.75, 3.05) is 33.1 Å². The predicted molar refractivity (Wildman–Crippen MR) is 78.7 cm³/mol. The van der Waals surface area contributed by atoms with E-state index in [0.717, 1.165) is 23.8 Å². The van der Waals surface area contributed by atoms with Gasteiger partial charge in [0.15, 0.2) is 0 Å². The van der Waals surface area contributed by atoms with Gasteiger partial charge < -0.3 is 14.8 Å². The molecule has 0 unspecified atom stereocenters. The van der Waals surface area contributed by atoms with Crippen molar-refractivity contribution in [3.05, 3.63) is 29.8 Å². The normalized spacial score (nSPS) is 10.2. The van der Waals surface area contributed by atoms with Crippen LogP contribution < -0.4 is 10.1 Å². The number of rotatable bonds is 9. The predicted octanol–water partition coefficient (Wildman–Crippen LogP) is 2.08. The Bertz CT molecular complexity index is 367. The number of hydrogen-bond donors (Lipinski definition) is 1. The lowest BCUT2D eigenvalue weighted by atomic mass is 10.2. The highest BCUT2D eigenvalue weighted by Crippen LogP contribution is 2.16. The Morgan fingerprint density at radius 2 is 1.95 bits per heavy atom. The molecule has 1 N–H and O–H groups in total. The van der Waals surface area contributed by atoms with Crippen molar-refractivity contribution in [2.45, 2.75) is 12.2 Å². The second kappa shape index (κ2) is 9.69. The van der Waals surface area contributed by atoms with Crippen LogP contribution in [-0.2, 0) is 15.3 Å². The fourth-order valence-electron chi connectivity index (χ4n) is 1.47. The second-order valence-electron chi connectivity index (χ2n) is 3.98. The van der Waals surface area contributed by atoms with Gasteiger partial charge in [-0.3, -0.25) is 4.79 Å². The molecule has 0 aliphatic rings. The molecule has 19 heavy (non-hydrogen) atoms. The summed E-state index contributed by atoms with van der Waals surface area (Å²) in [6.07, 6.45) is 0.430. The van der Waals surface area contributed by atoms with Crippen LogP contribution in [0.2, 0.25) is 0 Å². The maximum atomic E-state index is 10.9. The Labute approximate surface area is 118 Å². The fourth-order valence-corrected chi connectivity index (χ4v) is 2.33. The smallest absolute Gasteiger partial charge is 0.306 e. The Morgan fingerprint density at radius 3 is 2.58 bits per heavy atom. The molecule has 0 amide bonds. The number of ether oxygens (including phenoxy) is 2. The van der Waals surface area contributed by atoms with Gasteiger partial charge in [-0.1, -0.05) is 12.1 Å².